The van der Waals surface area contributed by atoms with E-state index in [9.17, 15) is 31.5 Å². The van der Waals surface area contributed by atoms with Gasteiger partial charge in [-0.25, -0.2) is 0 Å². The molecule has 2 amide bonds. The lowest BCUT2D eigenvalue weighted by Gasteiger charge is -2.17. The smallest absolute Gasteiger partial charge is 0.418 e. The normalized spacial score (nSPS) is 15.0. The molecule has 0 bridgehead atoms. The number of benzene rings is 1. The molecule has 0 radical (unpaired) electrons. The Morgan fingerprint density at radius 3 is 2.48 bits per heavy atom. The van der Waals surface area contributed by atoms with Crippen molar-refractivity contribution < 1.29 is 41.4 Å². The van der Waals surface area contributed by atoms with Crippen molar-refractivity contribution in [3.63, 3.8) is 0 Å². The van der Waals surface area contributed by atoms with Crippen molar-refractivity contribution in [2.45, 2.75) is 12.8 Å². The quantitative estimate of drug-likeness (QED) is 0.595. The van der Waals surface area contributed by atoms with Crippen LogP contribution in [0.15, 0.2) is 30.0 Å². The highest BCUT2D eigenvalue weighted by Gasteiger charge is 2.36. The van der Waals surface area contributed by atoms with Crippen molar-refractivity contribution in [2.75, 3.05) is 18.5 Å². The van der Waals surface area contributed by atoms with Gasteiger partial charge in [0.05, 0.1) is 24.4 Å². The number of rotatable bonds is 6. The summed E-state index contributed by atoms with van der Waals surface area (Å²) in [6.45, 7) is -4.11. The lowest BCUT2D eigenvalue weighted by atomic mass is 10.1. The van der Waals surface area contributed by atoms with E-state index in [4.69, 9.17) is 5.11 Å². The molecular formula is C14H11F5N2O4. The van der Waals surface area contributed by atoms with E-state index in [0.29, 0.717) is 23.1 Å². The summed E-state index contributed by atoms with van der Waals surface area (Å²) in [7, 11) is 0. The Morgan fingerprint density at radius 1 is 1.24 bits per heavy atom. The van der Waals surface area contributed by atoms with Gasteiger partial charge >= 0.3 is 12.8 Å². The second-order valence-electron chi connectivity index (χ2n) is 4.79. The third-order valence-corrected chi connectivity index (χ3v) is 3.12. The van der Waals surface area contributed by atoms with Gasteiger partial charge < -0.3 is 15.2 Å². The zero-order valence-electron chi connectivity index (χ0n) is 12.3. The molecule has 2 N–H and O–H groups in total. The number of aliphatic hydroxyl groups is 1. The molecule has 0 aromatic heterocycles. The Labute approximate surface area is 137 Å². The number of ether oxygens (including phenoxy) is 1. The Morgan fingerprint density at radius 2 is 1.92 bits per heavy atom. The minimum atomic E-state index is -4.84. The molecule has 1 heterocycles. The predicted octanol–water partition coefficient (Wildman–Crippen LogP) is 1.96. The fourth-order valence-corrected chi connectivity index (χ4v) is 2.11. The predicted molar refractivity (Wildman–Crippen MR) is 73.6 cm³/mol. The summed E-state index contributed by atoms with van der Waals surface area (Å²) in [5.74, 6) is -2.34. The molecule has 0 atom stereocenters. The van der Waals surface area contributed by atoms with Crippen molar-refractivity contribution in [1.82, 2.24) is 4.90 Å². The molecule has 0 unspecified atom stereocenters. The molecular weight excluding hydrogens is 355 g/mol. The van der Waals surface area contributed by atoms with E-state index in [2.05, 4.69) is 10.1 Å². The monoisotopic (exact) mass is 366 g/mol. The lowest BCUT2D eigenvalue weighted by Crippen LogP contribution is -2.34. The minimum absolute atomic E-state index is 0.333. The van der Waals surface area contributed by atoms with Crippen molar-refractivity contribution >= 4 is 17.5 Å². The van der Waals surface area contributed by atoms with Crippen LogP contribution in [0.25, 0.3) is 0 Å². The maximum absolute atomic E-state index is 13.0. The van der Waals surface area contributed by atoms with Crippen LogP contribution in [0.4, 0.5) is 27.6 Å². The van der Waals surface area contributed by atoms with Gasteiger partial charge in [-0.15, -0.1) is 0 Å². The highest BCUT2D eigenvalue weighted by atomic mass is 19.4. The standard InChI is InChI=1S/C14H11F5N2O4/c15-13(16)25-7-1-2-8(14(17,18)19)9(5-7)20-10-6-11(23)21(3-4-22)12(10)24/h1-2,5-6,13,20,22H,3-4H2. The van der Waals surface area contributed by atoms with Crippen LogP contribution in [0, 0.1) is 0 Å². The molecule has 136 valence electrons. The molecule has 0 saturated carbocycles. The number of anilines is 1. The van der Waals surface area contributed by atoms with Crippen molar-refractivity contribution in [1.29, 1.82) is 0 Å². The van der Waals surface area contributed by atoms with Crippen molar-refractivity contribution in [3.8, 4) is 5.75 Å². The summed E-state index contributed by atoms with van der Waals surface area (Å²) in [6.07, 6.45) is -4.10. The molecule has 1 aromatic carbocycles. The van der Waals surface area contributed by atoms with Crippen LogP contribution in [0.3, 0.4) is 0 Å². The first-order valence-corrected chi connectivity index (χ1v) is 6.75. The molecule has 1 aromatic rings. The van der Waals surface area contributed by atoms with Gasteiger partial charge in [0.15, 0.2) is 0 Å². The number of nitrogens with one attached hydrogen (secondary N) is 1. The number of aliphatic hydroxyl groups excluding tert-OH is 1. The average Bonchev–Trinajstić information content (AvgIpc) is 2.73. The van der Waals surface area contributed by atoms with E-state index in [-0.39, 0.29) is 6.54 Å². The Hall–Kier alpha value is -2.69. The van der Waals surface area contributed by atoms with Gasteiger partial charge in [0.1, 0.15) is 11.4 Å². The Balaban J connectivity index is 2.35. The zero-order chi connectivity index (χ0) is 18.8. The van der Waals surface area contributed by atoms with Gasteiger partial charge in [-0.1, -0.05) is 0 Å². The number of amides is 2. The molecule has 1 aliphatic heterocycles. The van der Waals surface area contributed by atoms with Crippen LogP contribution in [-0.4, -0.2) is 41.6 Å². The number of halogens is 5. The summed E-state index contributed by atoms with van der Waals surface area (Å²) >= 11 is 0. The first kappa shape index (κ1) is 18.6. The van der Waals surface area contributed by atoms with Gasteiger partial charge in [-0.05, 0) is 12.1 Å². The third kappa shape index (κ3) is 4.24. The Kier molecular flexibility index (Phi) is 5.26. The van der Waals surface area contributed by atoms with Crippen molar-refractivity contribution in [3.05, 3.63) is 35.5 Å². The van der Waals surface area contributed by atoms with E-state index in [1.165, 1.54) is 0 Å². The van der Waals surface area contributed by atoms with Gasteiger partial charge in [0, 0.05) is 12.1 Å². The maximum atomic E-state index is 13.0. The van der Waals surface area contributed by atoms with Gasteiger partial charge in [-0.3, -0.25) is 14.5 Å². The minimum Gasteiger partial charge on any atom is -0.435 e. The molecule has 11 heteroatoms. The summed E-state index contributed by atoms with van der Waals surface area (Å²) in [6, 6.07) is 1.85. The highest BCUT2D eigenvalue weighted by molar-refractivity contribution is 6.17. The summed E-state index contributed by atoms with van der Waals surface area (Å²) < 4.78 is 67.6. The number of carbonyl (C=O) groups is 2. The fraction of sp³-hybridized carbons (Fsp3) is 0.286. The highest BCUT2D eigenvalue weighted by Crippen LogP contribution is 2.38. The van der Waals surface area contributed by atoms with Gasteiger partial charge in [0.25, 0.3) is 11.8 Å². The lowest BCUT2D eigenvalue weighted by molar-refractivity contribution is -0.138. The molecule has 2 rings (SSSR count). The van der Waals surface area contributed by atoms with Crippen LogP contribution in [-0.2, 0) is 15.8 Å². The largest absolute Gasteiger partial charge is 0.435 e. The number of carbonyl (C=O) groups excluding carboxylic acids is 2. The van der Waals surface area contributed by atoms with Gasteiger partial charge in [-0.2, -0.15) is 22.0 Å². The molecule has 25 heavy (non-hydrogen) atoms. The molecule has 0 aliphatic carbocycles. The Bertz CT molecular complexity index is 718. The number of imide groups is 1. The van der Waals surface area contributed by atoms with E-state index in [1.54, 1.807) is 0 Å². The summed E-state index contributed by atoms with van der Waals surface area (Å²) in [4.78, 5) is 24.2. The summed E-state index contributed by atoms with van der Waals surface area (Å²) in [5, 5.41) is 10.9. The molecule has 6 nitrogen and oxygen atoms in total. The number of β-amino-alcohol motifs (C(OH)–C–C–N with tert-alkyl or cyclic N) is 1. The third-order valence-electron chi connectivity index (χ3n) is 3.12. The second kappa shape index (κ2) is 7.05. The van der Waals surface area contributed by atoms with Crippen LogP contribution in [0.5, 0.6) is 5.75 Å². The molecule has 0 spiro atoms. The summed E-state index contributed by atoms with van der Waals surface area (Å²) in [5.41, 5.74) is -2.46. The maximum Gasteiger partial charge on any atom is 0.418 e. The van der Waals surface area contributed by atoms with E-state index in [0.717, 1.165) is 6.08 Å². The average molecular weight is 366 g/mol. The first-order valence-electron chi connectivity index (χ1n) is 6.75. The topological polar surface area (TPSA) is 78.9 Å². The number of alkyl halides is 5. The van der Waals surface area contributed by atoms with Crippen molar-refractivity contribution in [2.24, 2.45) is 0 Å². The second-order valence-corrected chi connectivity index (χ2v) is 4.79. The van der Waals surface area contributed by atoms with E-state index < -0.39 is 53.9 Å². The van der Waals surface area contributed by atoms with Crippen LogP contribution in [0.2, 0.25) is 0 Å². The fourth-order valence-electron chi connectivity index (χ4n) is 2.11. The zero-order valence-corrected chi connectivity index (χ0v) is 12.3. The van der Waals surface area contributed by atoms with E-state index in [1.807, 2.05) is 0 Å². The van der Waals surface area contributed by atoms with Crippen LogP contribution >= 0.6 is 0 Å². The number of nitrogens with zero attached hydrogens (tertiary/aromatic N) is 1. The SMILES string of the molecule is O=C1C=C(Nc2cc(OC(F)F)ccc2C(F)(F)F)C(=O)N1CCO. The number of hydrogen-bond donors (Lipinski definition) is 2. The van der Waals surface area contributed by atoms with Gasteiger partial charge in [0.2, 0.25) is 0 Å². The molecule has 1 aliphatic rings. The van der Waals surface area contributed by atoms with E-state index >= 15 is 0 Å². The van der Waals surface area contributed by atoms with Crippen LogP contribution in [0.1, 0.15) is 5.56 Å². The first-order chi connectivity index (χ1) is 11.6. The molecule has 0 saturated heterocycles. The van der Waals surface area contributed by atoms with Crippen LogP contribution < -0.4 is 10.1 Å². The number of hydrogen-bond acceptors (Lipinski definition) is 5. The molecule has 0 fully saturated rings.